The lowest BCUT2D eigenvalue weighted by Crippen LogP contribution is -2.40. The van der Waals surface area contributed by atoms with Gasteiger partial charge < -0.3 is 14.8 Å². The van der Waals surface area contributed by atoms with Crippen LogP contribution in [0.25, 0.3) is 0 Å². The van der Waals surface area contributed by atoms with Crippen LogP contribution in [-0.4, -0.2) is 30.1 Å². The molecule has 1 fully saturated rings. The zero-order valence-electron chi connectivity index (χ0n) is 14.8. The second-order valence-electron chi connectivity index (χ2n) is 6.75. The van der Waals surface area contributed by atoms with Crippen LogP contribution in [0.15, 0.2) is 42.5 Å². The van der Waals surface area contributed by atoms with E-state index in [1.165, 1.54) is 6.07 Å². The number of nitrogens with zero attached hydrogens (tertiary/aromatic N) is 1. The zero-order valence-corrected chi connectivity index (χ0v) is 14.8. The van der Waals surface area contributed by atoms with Crippen LogP contribution in [0.2, 0.25) is 0 Å². The number of hydrogen-bond donors (Lipinski definition) is 1. The van der Waals surface area contributed by atoms with Gasteiger partial charge in [-0.25, -0.2) is 9.18 Å². The molecule has 1 atom stereocenters. The van der Waals surface area contributed by atoms with Crippen molar-refractivity contribution in [2.45, 2.75) is 25.4 Å². The van der Waals surface area contributed by atoms with Gasteiger partial charge in [0.25, 0.3) is 5.91 Å². The standard InChI is InChI=1S/C20H19FN2O4/c1-20(14-7-8-16-17(11-14)27-10-4-9-26-16)18(24)23(19(25)22-20)12-13-5-2-3-6-15(13)21/h2-3,5-8,11H,4,9-10,12H2,1H3,(H,22,25). The molecule has 2 aliphatic heterocycles. The maximum Gasteiger partial charge on any atom is 0.325 e. The summed E-state index contributed by atoms with van der Waals surface area (Å²) < 4.78 is 25.2. The third kappa shape index (κ3) is 2.99. The Balaban J connectivity index is 1.64. The van der Waals surface area contributed by atoms with Gasteiger partial charge >= 0.3 is 6.03 Å². The van der Waals surface area contributed by atoms with Gasteiger partial charge in [-0.1, -0.05) is 24.3 Å². The molecule has 2 heterocycles. The highest BCUT2D eigenvalue weighted by molar-refractivity contribution is 6.07. The first-order valence-corrected chi connectivity index (χ1v) is 8.77. The Kier molecular flexibility index (Phi) is 4.22. The number of ether oxygens (including phenoxy) is 2. The fraction of sp³-hybridized carbons (Fsp3) is 0.300. The Hall–Kier alpha value is -3.09. The summed E-state index contributed by atoms with van der Waals surface area (Å²) in [4.78, 5) is 26.5. The lowest BCUT2D eigenvalue weighted by Gasteiger charge is -2.23. The van der Waals surface area contributed by atoms with Crippen molar-refractivity contribution in [1.29, 1.82) is 0 Å². The van der Waals surface area contributed by atoms with Crippen molar-refractivity contribution in [2.75, 3.05) is 13.2 Å². The molecule has 0 aliphatic carbocycles. The molecule has 2 aliphatic rings. The number of nitrogens with one attached hydrogen (secondary N) is 1. The van der Waals surface area contributed by atoms with Gasteiger partial charge in [0.15, 0.2) is 11.5 Å². The first-order valence-electron chi connectivity index (χ1n) is 8.77. The van der Waals surface area contributed by atoms with Crippen LogP contribution < -0.4 is 14.8 Å². The Morgan fingerprint density at radius 2 is 1.85 bits per heavy atom. The lowest BCUT2D eigenvalue weighted by atomic mass is 9.91. The van der Waals surface area contributed by atoms with E-state index >= 15 is 0 Å². The number of fused-ring (bicyclic) bond motifs is 1. The van der Waals surface area contributed by atoms with Crippen LogP contribution in [0, 0.1) is 5.82 Å². The van der Waals surface area contributed by atoms with Gasteiger partial charge in [-0.05, 0) is 30.7 Å². The van der Waals surface area contributed by atoms with E-state index in [0.717, 1.165) is 11.3 Å². The average molecular weight is 370 g/mol. The summed E-state index contributed by atoms with van der Waals surface area (Å²) >= 11 is 0. The van der Waals surface area contributed by atoms with Gasteiger partial charge in [-0.3, -0.25) is 9.69 Å². The first kappa shape index (κ1) is 17.3. The minimum atomic E-state index is -1.26. The fourth-order valence-electron chi connectivity index (χ4n) is 3.31. The van der Waals surface area contributed by atoms with Crippen molar-refractivity contribution >= 4 is 11.9 Å². The smallest absolute Gasteiger partial charge is 0.325 e. The lowest BCUT2D eigenvalue weighted by molar-refractivity contribution is -0.131. The van der Waals surface area contributed by atoms with Crippen molar-refractivity contribution in [2.24, 2.45) is 0 Å². The second kappa shape index (κ2) is 6.57. The Morgan fingerprint density at radius 3 is 2.63 bits per heavy atom. The molecule has 6 nitrogen and oxygen atoms in total. The van der Waals surface area contributed by atoms with Gasteiger partial charge in [0, 0.05) is 12.0 Å². The number of benzene rings is 2. The summed E-state index contributed by atoms with van der Waals surface area (Å²) in [5, 5.41) is 2.73. The third-order valence-corrected chi connectivity index (χ3v) is 4.89. The molecule has 1 saturated heterocycles. The van der Waals surface area contributed by atoms with Crippen LogP contribution >= 0.6 is 0 Å². The topological polar surface area (TPSA) is 67.9 Å². The number of rotatable bonds is 3. The molecule has 1 N–H and O–H groups in total. The van der Waals surface area contributed by atoms with Crippen molar-refractivity contribution in [3.63, 3.8) is 0 Å². The van der Waals surface area contributed by atoms with E-state index in [4.69, 9.17) is 9.47 Å². The highest BCUT2D eigenvalue weighted by atomic mass is 19.1. The van der Waals surface area contributed by atoms with E-state index in [-0.39, 0.29) is 12.1 Å². The summed E-state index contributed by atoms with van der Waals surface area (Å²) in [5.41, 5.74) is -0.391. The van der Waals surface area contributed by atoms with Gasteiger partial charge in [-0.2, -0.15) is 0 Å². The quantitative estimate of drug-likeness (QED) is 0.844. The normalized spacial score (nSPS) is 21.8. The highest BCUT2D eigenvalue weighted by Crippen LogP contribution is 2.37. The third-order valence-electron chi connectivity index (χ3n) is 4.89. The molecule has 0 radical (unpaired) electrons. The highest BCUT2D eigenvalue weighted by Gasteiger charge is 2.49. The molecule has 4 rings (SSSR count). The largest absolute Gasteiger partial charge is 0.490 e. The van der Waals surface area contributed by atoms with E-state index in [0.29, 0.717) is 30.3 Å². The van der Waals surface area contributed by atoms with Gasteiger partial charge in [-0.15, -0.1) is 0 Å². The number of carbonyl (C=O) groups is 2. The van der Waals surface area contributed by atoms with Gasteiger partial charge in [0.05, 0.1) is 19.8 Å². The molecule has 0 saturated carbocycles. The average Bonchev–Trinajstić information content (AvgIpc) is 2.83. The predicted octanol–water partition coefficient (Wildman–Crippen LogP) is 2.95. The Bertz CT molecular complexity index is 917. The number of halogens is 1. The molecule has 0 aromatic heterocycles. The SMILES string of the molecule is CC1(c2ccc3c(c2)OCCCO3)NC(=O)N(Cc2ccccc2F)C1=O. The van der Waals surface area contributed by atoms with Gasteiger partial charge in [0.2, 0.25) is 0 Å². The molecule has 2 aromatic carbocycles. The van der Waals surface area contributed by atoms with E-state index in [1.807, 2.05) is 0 Å². The van der Waals surface area contributed by atoms with E-state index in [9.17, 15) is 14.0 Å². The summed E-state index contributed by atoms with van der Waals surface area (Å²) in [5.74, 6) is 0.258. The van der Waals surface area contributed by atoms with Crippen LogP contribution in [0.5, 0.6) is 11.5 Å². The van der Waals surface area contributed by atoms with Crippen LogP contribution in [-0.2, 0) is 16.9 Å². The molecule has 7 heteroatoms. The maximum absolute atomic E-state index is 13.9. The number of carbonyl (C=O) groups excluding carboxylic acids is 2. The molecule has 1 unspecified atom stereocenters. The maximum atomic E-state index is 13.9. The summed E-state index contributed by atoms with van der Waals surface area (Å²) in [7, 11) is 0. The van der Waals surface area contributed by atoms with Crippen LogP contribution in [0.3, 0.4) is 0 Å². The zero-order chi connectivity index (χ0) is 19.0. The number of urea groups is 1. The Labute approximate surface area is 155 Å². The molecule has 3 amide bonds. The fourth-order valence-corrected chi connectivity index (χ4v) is 3.31. The van der Waals surface area contributed by atoms with Crippen LogP contribution in [0.4, 0.5) is 9.18 Å². The molecule has 27 heavy (non-hydrogen) atoms. The second-order valence-corrected chi connectivity index (χ2v) is 6.75. The summed E-state index contributed by atoms with van der Waals surface area (Å²) in [6, 6.07) is 10.7. The first-order chi connectivity index (χ1) is 13.0. The van der Waals surface area contributed by atoms with Crippen molar-refractivity contribution in [1.82, 2.24) is 10.2 Å². The van der Waals surface area contributed by atoms with E-state index < -0.39 is 23.3 Å². The number of imide groups is 1. The molecular formula is C20H19FN2O4. The number of hydrogen-bond acceptors (Lipinski definition) is 4. The minimum Gasteiger partial charge on any atom is -0.490 e. The predicted molar refractivity (Wildman–Crippen MR) is 94.9 cm³/mol. The molecule has 0 bridgehead atoms. The molecule has 140 valence electrons. The molecule has 0 spiro atoms. The van der Waals surface area contributed by atoms with Crippen molar-refractivity contribution in [3.8, 4) is 11.5 Å². The molecule has 2 aromatic rings. The molecular weight excluding hydrogens is 351 g/mol. The minimum absolute atomic E-state index is 0.127. The van der Waals surface area contributed by atoms with Crippen molar-refractivity contribution in [3.05, 3.63) is 59.4 Å². The monoisotopic (exact) mass is 370 g/mol. The number of amides is 3. The summed E-state index contributed by atoms with van der Waals surface area (Å²) in [6.07, 6.45) is 0.771. The Morgan fingerprint density at radius 1 is 1.11 bits per heavy atom. The van der Waals surface area contributed by atoms with E-state index in [2.05, 4.69) is 5.32 Å². The van der Waals surface area contributed by atoms with E-state index in [1.54, 1.807) is 43.3 Å². The summed E-state index contributed by atoms with van der Waals surface area (Å²) in [6.45, 7) is 2.59. The van der Waals surface area contributed by atoms with Gasteiger partial charge in [0.1, 0.15) is 11.4 Å². The van der Waals surface area contributed by atoms with Crippen molar-refractivity contribution < 1.29 is 23.5 Å². The van der Waals surface area contributed by atoms with Crippen LogP contribution in [0.1, 0.15) is 24.5 Å².